The lowest BCUT2D eigenvalue weighted by molar-refractivity contribution is -0.128. The van der Waals surface area contributed by atoms with Crippen molar-refractivity contribution in [2.24, 2.45) is 0 Å². The Morgan fingerprint density at radius 1 is 1.50 bits per heavy atom. The van der Waals surface area contributed by atoms with Crippen LogP contribution in [0.4, 0.5) is 0 Å². The quantitative estimate of drug-likeness (QED) is 0.823. The molecule has 1 amide bonds. The number of pyridine rings is 1. The van der Waals surface area contributed by atoms with Crippen molar-refractivity contribution in [3.05, 3.63) is 30.1 Å². The summed E-state index contributed by atoms with van der Waals surface area (Å²) in [5, 5.41) is 3.36. The summed E-state index contributed by atoms with van der Waals surface area (Å²) in [6, 6.07) is 4.10. The SMILES string of the molecule is C[C@H](NC1CCN(C)C1=O)c1ccncc1. The monoisotopic (exact) mass is 219 g/mol. The van der Waals surface area contributed by atoms with E-state index in [4.69, 9.17) is 0 Å². The van der Waals surface area contributed by atoms with E-state index in [1.165, 1.54) is 0 Å². The van der Waals surface area contributed by atoms with Crippen LogP contribution in [0.25, 0.3) is 0 Å². The van der Waals surface area contributed by atoms with E-state index in [9.17, 15) is 4.79 Å². The lowest BCUT2D eigenvalue weighted by atomic mass is 10.1. The second-order valence-corrected chi connectivity index (χ2v) is 4.27. The van der Waals surface area contributed by atoms with Crippen LogP contribution in [-0.4, -0.2) is 35.4 Å². The maximum Gasteiger partial charge on any atom is 0.239 e. The van der Waals surface area contributed by atoms with Gasteiger partial charge in [0, 0.05) is 32.0 Å². The van der Waals surface area contributed by atoms with Gasteiger partial charge in [-0.25, -0.2) is 0 Å². The molecule has 1 aliphatic heterocycles. The van der Waals surface area contributed by atoms with Crippen LogP contribution >= 0.6 is 0 Å². The molecule has 1 aromatic heterocycles. The number of hydrogen-bond acceptors (Lipinski definition) is 3. The van der Waals surface area contributed by atoms with Gasteiger partial charge in [-0.15, -0.1) is 0 Å². The van der Waals surface area contributed by atoms with E-state index >= 15 is 0 Å². The third-order valence-electron chi connectivity index (χ3n) is 3.08. The Bertz CT molecular complexity index is 366. The molecule has 1 N–H and O–H groups in total. The first-order valence-corrected chi connectivity index (χ1v) is 5.59. The highest BCUT2D eigenvalue weighted by Gasteiger charge is 2.29. The fraction of sp³-hybridized carbons (Fsp3) is 0.500. The topological polar surface area (TPSA) is 45.2 Å². The Kier molecular flexibility index (Phi) is 3.19. The second kappa shape index (κ2) is 4.61. The molecule has 2 atom stereocenters. The number of rotatable bonds is 3. The number of carbonyl (C=O) groups excluding carboxylic acids is 1. The Balaban J connectivity index is 1.98. The van der Waals surface area contributed by atoms with E-state index in [0.717, 1.165) is 18.5 Å². The minimum atomic E-state index is -0.0341. The molecule has 1 aliphatic rings. The molecule has 1 unspecified atom stereocenters. The molecule has 4 nitrogen and oxygen atoms in total. The summed E-state index contributed by atoms with van der Waals surface area (Å²) in [7, 11) is 1.85. The fourth-order valence-corrected chi connectivity index (χ4v) is 2.03. The van der Waals surface area contributed by atoms with Crippen LogP contribution in [0.1, 0.15) is 24.9 Å². The van der Waals surface area contributed by atoms with Crippen molar-refractivity contribution in [2.75, 3.05) is 13.6 Å². The van der Waals surface area contributed by atoms with Gasteiger partial charge in [0.25, 0.3) is 0 Å². The molecule has 2 heterocycles. The van der Waals surface area contributed by atoms with Gasteiger partial charge in [-0.05, 0) is 31.0 Å². The Hall–Kier alpha value is -1.42. The van der Waals surface area contributed by atoms with Crippen LogP contribution < -0.4 is 5.32 Å². The molecule has 1 aromatic rings. The Labute approximate surface area is 95.7 Å². The summed E-state index contributed by atoms with van der Waals surface area (Å²) in [6.45, 7) is 2.92. The number of aromatic nitrogens is 1. The molecule has 2 rings (SSSR count). The van der Waals surface area contributed by atoms with Crippen molar-refractivity contribution in [1.29, 1.82) is 0 Å². The van der Waals surface area contributed by atoms with Gasteiger partial charge in [0.2, 0.25) is 5.91 Å². The Morgan fingerprint density at radius 3 is 2.75 bits per heavy atom. The van der Waals surface area contributed by atoms with Gasteiger partial charge in [-0.2, -0.15) is 0 Å². The van der Waals surface area contributed by atoms with Crippen LogP contribution in [-0.2, 0) is 4.79 Å². The van der Waals surface area contributed by atoms with Crippen molar-refractivity contribution in [1.82, 2.24) is 15.2 Å². The molecule has 1 fully saturated rings. The molecule has 1 saturated heterocycles. The van der Waals surface area contributed by atoms with Crippen LogP contribution in [0, 0.1) is 0 Å². The molecule has 0 aromatic carbocycles. The van der Waals surface area contributed by atoms with Crippen molar-refractivity contribution in [2.45, 2.75) is 25.4 Å². The maximum absolute atomic E-state index is 11.7. The summed E-state index contributed by atoms with van der Waals surface area (Å²) in [6.07, 6.45) is 4.44. The van der Waals surface area contributed by atoms with Gasteiger partial charge in [0.1, 0.15) is 0 Å². The van der Waals surface area contributed by atoms with Gasteiger partial charge >= 0.3 is 0 Å². The number of amides is 1. The maximum atomic E-state index is 11.7. The van der Waals surface area contributed by atoms with Gasteiger partial charge < -0.3 is 4.90 Å². The average Bonchev–Trinajstić information content (AvgIpc) is 2.62. The van der Waals surface area contributed by atoms with Crippen molar-refractivity contribution in [3.8, 4) is 0 Å². The summed E-state index contributed by atoms with van der Waals surface area (Å²) in [5.41, 5.74) is 1.16. The van der Waals surface area contributed by atoms with E-state index in [0.29, 0.717) is 0 Å². The van der Waals surface area contributed by atoms with E-state index in [1.54, 1.807) is 17.3 Å². The Morgan fingerprint density at radius 2 is 2.19 bits per heavy atom. The van der Waals surface area contributed by atoms with Gasteiger partial charge in [0.15, 0.2) is 0 Å². The van der Waals surface area contributed by atoms with Crippen molar-refractivity contribution < 1.29 is 4.79 Å². The number of nitrogens with one attached hydrogen (secondary N) is 1. The van der Waals surface area contributed by atoms with Crippen LogP contribution in [0.15, 0.2) is 24.5 Å². The summed E-state index contributed by atoms with van der Waals surface area (Å²) in [5.74, 6) is 0.195. The highest BCUT2D eigenvalue weighted by molar-refractivity contribution is 5.83. The van der Waals surface area contributed by atoms with E-state index in [1.807, 2.05) is 19.2 Å². The average molecular weight is 219 g/mol. The largest absolute Gasteiger partial charge is 0.344 e. The normalized spacial score (nSPS) is 22.5. The number of nitrogens with zero attached hydrogens (tertiary/aromatic N) is 2. The van der Waals surface area contributed by atoms with E-state index in [-0.39, 0.29) is 18.0 Å². The van der Waals surface area contributed by atoms with Crippen molar-refractivity contribution >= 4 is 5.91 Å². The molecule has 86 valence electrons. The van der Waals surface area contributed by atoms with E-state index in [2.05, 4.69) is 17.2 Å². The number of likely N-dealkylation sites (tertiary alicyclic amines) is 1. The molecular weight excluding hydrogens is 202 g/mol. The van der Waals surface area contributed by atoms with E-state index < -0.39 is 0 Å². The summed E-state index contributed by atoms with van der Waals surface area (Å²) >= 11 is 0. The van der Waals surface area contributed by atoms with Crippen molar-refractivity contribution in [3.63, 3.8) is 0 Å². The van der Waals surface area contributed by atoms with Gasteiger partial charge in [-0.1, -0.05) is 0 Å². The molecule has 0 radical (unpaired) electrons. The molecular formula is C12H17N3O. The fourth-order valence-electron chi connectivity index (χ4n) is 2.03. The minimum absolute atomic E-state index is 0.0341. The standard InChI is InChI=1S/C12H17N3O/c1-9(10-3-6-13-7-4-10)14-11-5-8-15(2)12(11)16/h3-4,6-7,9,11,14H,5,8H2,1-2H3/t9-,11?/m0/s1. The third-order valence-corrected chi connectivity index (χ3v) is 3.08. The number of likely N-dealkylation sites (N-methyl/N-ethyl adjacent to an activating group) is 1. The predicted octanol–water partition coefficient (Wildman–Crippen LogP) is 0.963. The highest BCUT2D eigenvalue weighted by atomic mass is 16.2. The zero-order valence-corrected chi connectivity index (χ0v) is 9.68. The summed E-state index contributed by atoms with van der Waals surface area (Å²) < 4.78 is 0. The molecule has 0 bridgehead atoms. The predicted molar refractivity (Wildman–Crippen MR) is 61.8 cm³/mol. The number of carbonyl (C=O) groups is 1. The second-order valence-electron chi connectivity index (χ2n) is 4.27. The third kappa shape index (κ3) is 2.22. The lowest BCUT2D eigenvalue weighted by Crippen LogP contribution is -2.38. The van der Waals surface area contributed by atoms with Crippen LogP contribution in [0.2, 0.25) is 0 Å². The minimum Gasteiger partial charge on any atom is -0.344 e. The molecule has 0 spiro atoms. The first kappa shape index (κ1) is 11.1. The van der Waals surface area contributed by atoms with Gasteiger partial charge in [-0.3, -0.25) is 15.1 Å². The first-order chi connectivity index (χ1) is 7.68. The molecule has 4 heteroatoms. The molecule has 0 aliphatic carbocycles. The first-order valence-electron chi connectivity index (χ1n) is 5.59. The highest BCUT2D eigenvalue weighted by Crippen LogP contribution is 2.16. The molecule has 16 heavy (non-hydrogen) atoms. The van der Waals surface area contributed by atoms with Gasteiger partial charge in [0.05, 0.1) is 6.04 Å². The lowest BCUT2D eigenvalue weighted by Gasteiger charge is -2.18. The van der Waals surface area contributed by atoms with Crippen LogP contribution in [0.5, 0.6) is 0 Å². The zero-order chi connectivity index (χ0) is 11.5. The van der Waals surface area contributed by atoms with Crippen LogP contribution in [0.3, 0.4) is 0 Å². The molecule has 0 saturated carbocycles. The summed E-state index contributed by atoms with van der Waals surface area (Å²) in [4.78, 5) is 17.5. The zero-order valence-electron chi connectivity index (χ0n) is 9.68. The smallest absolute Gasteiger partial charge is 0.239 e. The number of hydrogen-bond donors (Lipinski definition) is 1.